The highest BCUT2D eigenvalue weighted by molar-refractivity contribution is 5.94. The van der Waals surface area contributed by atoms with E-state index in [0.717, 1.165) is 16.9 Å². The monoisotopic (exact) mass is 364 g/mol. The van der Waals surface area contributed by atoms with Crippen molar-refractivity contribution in [1.82, 2.24) is 5.32 Å². The van der Waals surface area contributed by atoms with E-state index >= 15 is 0 Å². The van der Waals surface area contributed by atoms with Gasteiger partial charge < -0.3 is 20.9 Å². The lowest BCUT2D eigenvalue weighted by molar-refractivity contribution is 0.0916. The number of hydrogen-bond donors (Lipinski definition) is 3. The van der Waals surface area contributed by atoms with Crippen LogP contribution >= 0.6 is 12.4 Å². The Hall–Kier alpha value is -2.08. The first-order valence-corrected chi connectivity index (χ1v) is 8.01. The molecule has 0 saturated heterocycles. The Morgan fingerprint density at radius 1 is 1.12 bits per heavy atom. The summed E-state index contributed by atoms with van der Waals surface area (Å²) in [6, 6.07) is 14.3. The van der Waals surface area contributed by atoms with Crippen molar-refractivity contribution in [2.45, 2.75) is 32.6 Å². The summed E-state index contributed by atoms with van der Waals surface area (Å²) in [5.41, 5.74) is 7.77. The van der Waals surface area contributed by atoms with Crippen LogP contribution in [-0.4, -0.2) is 23.7 Å². The minimum absolute atomic E-state index is 0. The molecule has 0 spiro atoms. The van der Waals surface area contributed by atoms with E-state index in [0.29, 0.717) is 12.1 Å². The lowest BCUT2D eigenvalue weighted by atomic mass is 10.1. The van der Waals surface area contributed by atoms with Gasteiger partial charge in [-0.15, -0.1) is 12.4 Å². The maximum absolute atomic E-state index is 12.1. The molecule has 2 aromatic carbocycles. The Labute approximate surface area is 154 Å². The molecule has 2 rings (SSSR count). The number of amides is 1. The molecule has 1 amide bonds. The highest BCUT2D eigenvalue weighted by Crippen LogP contribution is 2.18. The lowest BCUT2D eigenvalue weighted by Gasteiger charge is -2.14. The number of ether oxygens (including phenoxy) is 1. The number of nitrogens with two attached hydrogens (primary N) is 1. The lowest BCUT2D eigenvalue weighted by Crippen LogP contribution is -2.28. The van der Waals surface area contributed by atoms with Crippen molar-refractivity contribution in [3.63, 3.8) is 0 Å². The molecular weight excluding hydrogens is 340 g/mol. The zero-order valence-electron chi connectivity index (χ0n) is 14.4. The molecule has 25 heavy (non-hydrogen) atoms. The Kier molecular flexibility index (Phi) is 8.41. The van der Waals surface area contributed by atoms with Crippen molar-refractivity contribution in [1.29, 1.82) is 0 Å². The van der Waals surface area contributed by atoms with Crippen LogP contribution in [0.15, 0.2) is 48.5 Å². The van der Waals surface area contributed by atoms with Crippen molar-refractivity contribution >= 4 is 18.3 Å². The van der Waals surface area contributed by atoms with Gasteiger partial charge in [0.25, 0.3) is 5.91 Å². The molecule has 6 heteroatoms. The molecule has 0 aliphatic rings. The first-order chi connectivity index (χ1) is 11.5. The number of aliphatic hydroxyl groups excluding tert-OH is 1. The molecule has 0 aromatic heterocycles. The van der Waals surface area contributed by atoms with Gasteiger partial charge in [-0.05, 0) is 49.2 Å². The molecule has 2 aromatic rings. The largest absolute Gasteiger partial charge is 0.491 e. The van der Waals surface area contributed by atoms with Crippen molar-refractivity contribution in [2.24, 2.45) is 5.73 Å². The smallest absolute Gasteiger partial charge is 0.251 e. The third-order valence-corrected chi connectivity index (χ3v) is 3.54. The Balaban J connectivity index is 0.00000312. The number of nitrogens with one attached hydrogen (secondary N) is 1. The van der Waals surface area contributed by atoms with Gasteiger partial charge in [0.2, 0.25) is 0 Å². The SMILES string of the molecule is CC(C)Oc1ccc(C(O)CNC(=O)c2ccc(CN)cc2)cc1.Cl. The highest BCUT2D eigenvalue weighted by Gasteiger charge is 2.11. The number of halogens is 1. The molecule has 1 atom stereocenters. The van der Waals surface area contributed by atoms with E-state index in [1.54, 1.807) is 24.3 Å². The molecule has 136 valence electrons. The van der Waals surface area contributed by atoms with Crippen LogP contribution in [0, 0.1) is 0 Å². The molecule has 0 fully saturated rings. The molecule has 4 N–H and O–H groups in total. The molecular formula is C19H25ClN2O3. The fourth-order valence-corrected chi connectivity index (χ4v) is 2.24. The van der Waals surface area contributed by atoms with Crippen LogP contribution in [0.3, 0.4) is 0 Å². The third-order valence-electron chi connectivity index (χ3n) is 3.54. The van der Waals surface area contributed by atoms with Crippen LogP contribution in [-0.2, 0) is 6.54 Å². The van der Waals surface area contributed by atoms with E-state index < -0.39 is 6.10 Å². The molecule has 0 aliphatic carbocycles. The van der Waals surface area contributed by atoms with Crippen LogP contribution in [0.5, 0.6) is 5.75 Å². The second kappa shape index (κ2) is 10.0. The first-order valence-electron chi connectivity index (χ1n) is 8.01. The quantitative estimate of drug-likeness (QED) is 0.705. The predicted octanol–water partition coefficient (Wildman–Crippen LogP) is 2.82. The molecule has 0 aliphatic heterocycles. The van der Waals surface area contributed by atoms with Gasteiger partial charge in [0.15, 0.2) is 0 Å². The molecule has 0 heterocycles. The zero-order valence-corrected chi connectivity index (χ0v) is 15.3. The van der Waals surface area contributed by atoms with E-state index in [-0.39, 0.29) is 31.0 Å². The van der Waals surface area contributed by atoms with Crippen molar-refractivity contribution in [3.8, 4) is 5.75 Å². The van der Waals surface area contributed by atoms with E-state index in [1.807, 2.05) is 38.1 Å². The number of benzene rings is 2. The van der Waals surface area contributed by atoms with E-state index in [2.05, 4.69) is 5.32 Å². The van der Waals surface area contributed by atoms with Gasteiger partial charge in [-0.3, -0.25) is 4.79 Å². The van der Waals surface area contributed by atoms with Crippen molar-refractivity contribution in [3.05, 3.63) is 65.2 Å². The second-order valence-corrected chi connectivity index (χ2v) is 5.86. The van der Waals surface area contributed by atoms with E-state index in [9.17, 15) is 9.90 Å². The number of carbonyl (C=O) groups is 1. The highest BCUT2D eigenvalue weighted by atomic mass is 35.5. The van der Waals surface area contributed by atoms with Gasteiger partial charge >= 0.3 is 0 Å². The van der Waals surface area contributed by atoms with Crippen molar-refractivity contribution < 1.29 is 14.6 Å². The number of rotatable bonds is 7. The van der Waals surface area contributed by atoms with Gasteiger partial charge in [-0.25, -0.2) is 0 Å². The van der Waals surface area contributed by atoms with Crippen LogP contribution in [0.1, 0.15) is 41.4 Å². The Bertz CT molecular complexity index is 657. The average molecular weight is 365 g/mol. The van der Waals surface area contributed by atoms with Gasteiger partial charge in [-0.1, -0.05) is 24.3 Å². The number of hydrogen-bond acceptors (Lipinski definition) is 4. The van der Waals surface area contributed by atoms with Gasteiger partial charge in [-0.2, -0.15) is 0 Å². The summed E-state index contributed by atoms with van der Waals surface area (Å²) in [6.45, 7) is 4.50. The molecule has 0 bridgehead atoms. The van der Waals surface area contributed by atoms with Crippen LogP contribution in [0.2, 0.25) is 0 Å². The minimum Gasteiger partial charge on any atom is -0.491 e. The summed E-state index contributed by atoms with van der Waals surface area (Å²) in [5.74, 6) is 0.530. The van der Waals surface area contributed by atoms with Crippen LogP contribution in [0.4, 0.5) is 0 Å². The summed E-state index contributed by atoms with van der Waals surface area (Å²) in [5, 5.41) is 12.9. The fraction of sp³-hybridized carbons (Fsp3) is 0.316. The average Bonchev–Trinajstić information content (AvgIpc) is 2.59. The number of aliphatic hydroxyl groups is 1. The summed E-state index contributed by atoms with van der Waals surface area (Å²) >= 11 is 0. The van der Waals surface area contributed by atoms with Crippen molar-refractivity contribution in [2.75, 3.05) is 6.54 Å². The Morgan fingerprint density at radius 2 is 1.72 bits per heavy atom. The number of carbonyl (C=O) groups excluding carboxylic acids is 1. The Morgan fingerprint density at radius 3 is 2.24 bits per heavy atom. The predicted molar refractivity (Wildman–Crippen MR) is 101 cm³/mol. The van der Waals surface area contributed by atoms with E-state index in [4.69, 9.17) is 10.5 Å². The first kappa shape index (κ1) is 21.0. The molecule has 1 unspecified atom stereocenters. The topological polar surface area (TPSA) is 84.6 Å². The van der Waals surface area contributed by atoms with Crippen LogP contribution < -0.4 is 15.8 Å². The van der Waals surface area contributed by atoms with Gasteiger partial charge in [0, 0.05) is 18.7 Å². The minimum atomic E-state index is -0.773. The normalized spacial score (nSPS) is 11.6. The summed E-state index contributed by atoms with van der Waals surface area (Å²) in [6.07, 6.45) is -0.670. The molecule has 0 radical (unpaired) electrons. The second-order valence-electron chi connectivity index (χ2n) is 5.86. The maximum Gasteiger partial charge on any atom is 0.251 e. The molecule has 5 nitrogen and oxygen atoms in total. The third kappa shape index (κ3) is 6.38. The van der Waals surface area contributed by atoms with Gasteiger partial charge in [0.05, 0.1) is 12.2 Å². The van der Waals surface area contributed by atoms with E-state index in [1.165, 1.54) is 0 Å². The van der Waals surface area contributed by atoms with Crippen LogP contribution in [0.25, 0.3) is 0 Å². The van der Waals surface area contributed by atoms with Gasteiger partial charge in [0.1, 0.15) is 5.75 Å². The summed E-state index contributed by atoms with van der Waals surface area (Å²) in [7, 11) is 0. The summed E-state index contributed by atoms with van der Waals surface area (Å²) < 4.78 is 5.56. The fourth-order valence-electron chi connectivity index (χ4n) is 2.24. The zero-order chi connectivity index (χ0) is 17.5. The standard InChI is InChI=1S/C19H24N2O3.ClH/c1-13(2)24-17-9-7-15(8-10-17)18(22)12-21-19(23)16-5-3-14(11-20)4-6-16;/h3-10,13,18,22H,11-12,20H2,1-2H3,(H,21,23);1H. The molecule has 0 saturated carbocycles. The maximum atomic E-state index is 12.1. The summed E-state index contributed by atoms with van der Waals surface area (Å²) in [4.78, 5) is 12.1.